The molecule has 7 heteroatoms. The van der Waals surface area contributed by atoms with Crippen molar-refractivity contribution in [2.75, 3.05) is 0 Å². The second kappa shape index (κ2) is 4.83. The van der Waals surface area contributed by atoms with Crippen LogP contribution < -0.4 is 5.32 Å². The third kappa shape index (κ3) is 3.23. The fourth-order valence-corrected chi connectivity index (χ4v) is 1.52. The van der Waals surface area contributed by atoms with E-state index in [4.69, 9.17) is 11.6 Å². The third-order valence-electron chi connectivity index (χ3n) is 1.24. The monoisotopic (exact) mass is 232 g/mol. The Hall–Kier alpha value is -1.27. The number of halogens is 1. The van der Waals surface area contributed by atoms with Crippen LogP contribution in [0.3, 0.4) is 0 Å². The maximum atomic E-state index is 11.0. The molecular weight excluding hydrogens is 228 g/mol. The Morgan fingerprint density at radius 3 is 2.86 bits per heavy atom. The number of rotatable bonds is 3. The minimum absolute atomic E-state index is 0.0337. The van der Waals surface area contributed by atoms with Crippen molar-refractivity contribution in [3.63, 3.8) is 0 Å². The molecular formula is C7H5ClN2O3S. The van der Waals surface area contributed by atoms with Gasteiger partial charge in [0.25, 0.3) is 5.91 Å². The molecule has 0 aliphatic heterocycles. The van der Waals surface area contributed by atoms with Crippen molar-refractivity contribution in [3.8, 4) is 0 Å². The minimum atomic E-state index is -0.962. The number of nitrogens with one attached hydrogen (secondary N) is 1. The molecule has 1 rings (SSSR count). The largest absolute Gasteiger partial charge is 0.292 e. The van der Waals surface area contributed by atoms with Crippen LogP contribution in [-0.4, -0.2) is 23.1 Å². The third-order valence-corrected chi connectivity index (χ3v) is 2.26. The Kier molecular flexibility index (Phi) is 3.73. The van der Waals surface area contributed by atoms with Gasteiger partial charge in [0.2, 0.25) is 12.2 Å². The number of hydrogen-bond acceptors (Lipinski definition) is 5. The molecule has 2 amide bonds. The quantitative estimate of drug-likeness (QED) is 0.596. The van der Waals surface area contributed by atoms with Gasteiger partial charge >= 0.3 is 0 Å². The first-order valence-corrected chi connectivity index (χ1v) is 4.76. The first-order valence-electron chi connectivity index (χ1n) is 3.50. The van der Waals surface area contributed by atoms with Crippen molar-refractivity contribution in [2.24, 2.45) is 0 Å². The Morgan fingerprint density at radius 1 is 1.64 bits per heavy atom. The molecule has 1 aromatic rings. The standard InChI is InChI=1S/C7H5ClN2O3S/c8-7-9-4(3-14-7)1-5(12)10-6(13)2-11/h2-3H,1H2,(H,10,12,13). The number of thiazole rings is 1. The molecule has 0 bridgehead atoms. The van der Waals surface area contributed by atoms with Gasteiger partial charge in [-0.1, -0.05) is 11.6 Å². The molecule has 0 spiro atoms. The highest BCUT2D eigenvalue weighted by atomic mass is 35.5. The molecule has 0 saturated heterocycles. The number of amides is 2. The number of hydrogen-bond donors (Lipinski definition) is 1. The summed E-state index contributed by atoms with van der Waals surface area (Å²) in [6, 6.07) is 0. The zero-order valence-corrected chi connectivity index (χ0v) is 8.39. The lowest BCUT2D eigenvalue weighted by atomic mass is 10.3. The van der Waals surface area contributed by atoms with E-state index in [1.54, 1.807) is 5.38 Å². The van der Waals surface area contributed by atoms with Crippen molar-refractivity contribution in [3.05, 3.63) is 15.5 Å². The highest BCUT2D eigenvalue weighted by Gasteiger charge is 2.09. The van der Waals surface area contributed by atoms with Crippen LogP contribution in [0.25, 0.3) is 0 Å². The minimum Gasteiger partial charge on any atom is -0.292 e. The molecule has 0 fully saturated rings. The second-order valence-corrected chi connectivity index (χ2v) is 3.74. The molecule has 0 aromatic carbocycles. The molecule has 5 nitrogen and oxygen atoms in total. The van der Waals surface area contributed by atoms with E-state index >= 15 is 0 Å². The summed E-state index contributed by atoms with van der Waals surface area (Å²) in [5, 5.41) is 3.47. The lowest BCUT2D eigenvalue weighted by molar-refractivity contribution is -0.135. The Labute approximate surface area is 88.1 Å². The molecule has 0 aliphatic rings. The highest BCUT2D eigenvalue weighted by Crippen LogP contribution is 2.14. The van der Waals surface area contributed by atoms with Gasteiger partial charge in [-0.25, -0.2) is 4.98 Å². The fraction of sp³-hybridized carbons (Fsp3) is 0.143. The van der Waals surface area contributed by atoms with E-state index in [9.17, 15) is 14.4 Å². The molecule has 1 heterocycles. The normalized spacial score (nSPS) is 9.50. The van der Waals surface area contributed by atoms with Gasteiger partial charge in [-0.3, -0.25) is 19.7 Å². The zero-order valence-electron chi connectivity index (χ0n) is 6.82. The van der Waals surface area contributed by atoms with Crippen LogP contribution in [0.5, 0.6) is 0 Å². The van der Waals surface area contributed by atoms with E-state index in [0.717, 1.165) is 0 Å². The van der Waals surface area contributed by atoms with Crippen molar-refractivity contribution in [1.29, 1.82) is 0 Å². The van der Waals surface area contributed by atoms with Crippen LogP contribution >= 0.6 is 22.9 Å². The predicted octanol–water partition coefficient (Wildman–Crippen LogP) is 0.181. The van der Waals surface area contributed by atoms with Crippen LogP contribution in [0.2, 0.25) is 4.47 Å². The van der Waals surface area contributed by atoms with Crippen LogP contribution in [0.15, 0.2) is 5.38 Å². The SMILES string of the molecule is O=CC(=O)NC(=O)Cc1csc(Cl)n1. The van der Waals surface area contributed by atoms with Crippen LogP contribution in [0.4, 0.5) is 0 Å². The van der Waals surface area contributed by atoms with Gasteiger partial charge in [-0.05, 0) is 0 Å². The van der Waals surface area contributed by atoms with Crippen LogP contribution in [0.1, 0.15) is 5.69 Å². The van der Waals surface area contributed by atoms with Gasteiger partial charge in [-0.2, -0.15) is 0 Å². The molecule has 0 atom stereocenters. The molecule has 0 radical (unpaired) electrons. The van der Waals surface area contributed by atoms with Crippen molar-refractivity contribution >= 4 is 41.0 Å². The molecule has 0 aliphatic carbocycles. The maximum Gasteiger partial charge on any atom is 0.290 e. The molecule has 1 N–H and O–H groups in total. The average Bonchev–Trinajstić information content (AvgIpc) is 2.50. The first-order chi connectivity index (χ1) is 6.61. The molecule has 0 saturated carbocycles. The maximum absolute atomic E-state index is 11.0. The summed E-state index contributed by atoms with van der Waals surface area (Å²) < 4.78 is 0.328. The van der Waals surface area contributed by atoms with Gasteiger partial charge < -0.3 is 0 Å². The Morgan fingerprint density at radius 2 is 2.36 bits per heavy atom. The van der Waals surface area contributed by atoms with Crippen LogP contribution in [0, 0.1) is 0 Å². The summed E-state index contributed by atoms with van der Waals surface area (Å²) in [6.45, 7) is 0. The number of nitrogens with zero attached hydrogens (tertiary/aromatic N) is 1. The summed E-state index contributed by atoms with van der Waals surface area (Å²) in [5.41, 5.74) is 0.469. The number of carbonyl (C=O) groups is 3. The van der Waals surface area contributed by atoms with E-state index in [1.165, 1.54) is 11.3 Å². The van der Waals surface area contributed by atoms with Crippen molar-refractivity contribution in [2.45, 2.75) is 6.42 Å². The summed E-state index contributed by atoms with van der Waals surface area (Å²) in [7, 11) is 0. The smallest absolute Gasteiger partial charge is 0.290 e. The summed E-state index contributed by atoms with van der Waals surface area (Å²) in [5.74, 6) is -1.54. The average molecular weight is 233 g/mol. The topological polar surface area (TPSA) is 76.1 Å². The van der Waals surface area contributed by atoms with Crippen molar-refractivity contribution in [1.82, 2.24) is 10.3 Å². The summed E-state index contributed by atoms with van der Waals surface area (Å²) >= 11 is 6.72. The lowest BCUT2D eigenvalue weighted by Gasteiger charge is -1.96. The molecule has 74 valence electrons. The van der Waals surface area contributed by atoms with E-state index in [1.807, 2.05) is 5.32 Å². The Balaban J connectivity index is 2.49. The van der Waals surface area contributed by atoms with E-state index < -0.39 is 11.8 Å². The van der Waals surface area contributed by atoms with Gasteiger partial charge in [-0.15, -0.1) is 11.3 Å². The van der Waals surface area contributed by atoms with Gasteiger partial charge in [0, 0.05) is 5.38 Å². The number of aldehydes is 1. The van der Waals surface area contributed by atoms with Gasteiger partial charge in [0.05, 0.1) is 12.1 Å². The number of imide groups is 1. The highest BCUT2D eigenvalue weighted by molar-refractivity contribution is 7.13. The van der Waals surface area contributed by atoms with Gasteiger partial charge in [0.1, 0.15) is 0 Å². The van der Waals surface area contributed by atoms with Crippen LogP contribution in [-0.2, 0) is 20.8 Å². The van der Waals surface area contributed by atoms with E-state index in [2.05, 4.69) is 4.98 Å². The molecule has 14 heavy (non-hydrogen) atoms. The number of aromatic nitrogens is 1. The zero-order chi connectivity index (χ0) is 10.6. The molecule has 1 aromatic heterocycles. The summed E-state index contributed by atoms with van der Waals surface area (Å²) in [4.78, 5) is 35.2. The van der Waals surface area contributed by atoms with Crippen molar-refractivity contribution < 1.29 is 14.4 Å². The predicted molar refractivity (Wildman–Crippen MR) is 50.0 cm³/mol. The van der Waals surface area contributed by atoms with Gasteiger partial charge in [0.15, 0.2) is 4.47 Å². The summed E-state index contributed by atoms with van der Waals surface area (Å²) in [6.07, 6.45) is -0.0330. The second-order valence-electron chi connectivity index (χ2n) is 2.30. The Bertz CT molecular complexity index is 377. The lowest BCUT2D eigenvalue weighted by Crippen LogP contribution is -2.32. The molecule has 0 unspecified atom stereocenters. The van der Waals surface area contributed by atoms with E-state index in [-0.39, 0.29) is 12.7 Å². The number of carbonyl (C=O) groups excluding carboxylic acids is 3. The first kappa shape index (κ1) is 10.8. The van der Waals surface area contributed by atoms with E-state index in [0.29, 0.717) is 10.2 Å². The fourth-order valence-electron chi connectivity index (χ4n) is 0.739.